The number of fused-ring (bicyclic) bond motifs is 1. The quantitative estimate of drug-likeness (QED) is 0.275. The summed E-state index contributed by atoms with van der Waals surface area (Å²) in [6.07, 6.45) is 5.16. The van der Waals surface area contributed by atoms with Crippen LogP contribution < -0.4 is 16.2 Å². The summed E-state index contributed by atoms with van der Waals surface area (Å²) in [6.45, 7) is 2.24. The minimum absolute atomic E-state index is 0.198. The second-order valence-corrected chi connectivity index (χ2v) is 11.9. The Kier molecular flexibility index (Phi) is 8.68. The van der Waals surface area contributed by atoms with Crippen molar-refractivity contribution in [2.45, 2.75) is 11.8 Å². The molecule has 10 heteroatoms. The second-order valence-electron chi connectivity index (χ2n) is 10.6. The number of carbonyl (C=O) groups is 1. The molecule has 0 aliphatic carbocycles. The number of nitrogens with one attached hydrogen (secondary N) is 2. The number of thioether (sulfide) groups is 1. The van der Waals surface area contributed by atoms with E-state index < -0.39 is 0 Å². The molecule has 1 unspecified atom stereocenters. The van der Waals surface area contributed by atoms with Crippen LogP contribution in [0.15, 0.2) is 90.1 Å². The normalized spacial score (nSPS) is 14.5. The van der Waals surface area contributed by atoms with Gasteiger partial charge in [0, 0.05) is 73.8 Å². The topological polar surface area (TPSA) is 105 Å². The van der Waals surface area contributed by atoms with E-state index in [4.69, 9.17) is 4.98 Å². The summed E-state index contributed by atoms with van der Waals surface area (Å²) in [5.41, 5.74) is 5.34. The number of carbonyl (C=O) groups excluding carboxylic acids is 1. The molecule has 3 aromatic heterocycles. The molecule has 2 aromatic carbocycles. The summed E-state index contributed by atoms with van der Waals surface area (Å²) in [5, 5.41) is 7.82. The summed E-state index contributed by atoms with van der Waals surface area (Å²) < 4.78 is 1.60. The highest BCUT2D eigenvalue weighted by Crippen LogP contribution is 2.31. The Bertz CT molecular complexity index is 1920. The third-order valence-corrected chi connectivity index (χ3v) is 8.62. The lowest BCUT2D eigenvalue weighted by Crippen LogP contribution is -2.28. The molecule has 220 valence electrons. The van der Waals surface area contributed by atoms with Crippen molar-refractivity contribution in [2.24, 2.45) is 0 Å². The van der Waals surface area contributed by atoms with Crippen molar-refractivity contribution in [3.8, 4) is 23.0 Å². The van der Waals surface area contributed by atoms with Gasteiger partial charge in [0.1, 0.15) is 5.65 Å². The molecule has 1 amide bonds. The minimum atomic E-state index is -0.390. The van der Waals surface area contributed by atoms with E-state index in [0.717, 1.165) is 41.2 Å². The second kappa shape index (κ2) is 13.1. The largest absolute Gasteiger partial charge is 0.338 e. The Morgan fingerprint density at radius 1 is 1.11 bits per heavy atom. The number of amides is 1. The molecule has 1 aliphatic heterocycles. The molecule has 5 aromatic rings. The lowest BCUT2D eigenvalue weighted by molar-refractivity contribution is -0.122. The predicted molar refractivity (Wildman–Crippen MR) is 176 cm³/mol. The molecule has 9 nitrogen and oxygen atoms in total. The fourth-order valence-electron chi connectivity index (χ4n) is 5.02. The van der Waals surface area contributed by atoms with E-state index >= 15 is 0 Å². The standard InChI is InChI=1S/C34H31N7O2S/c1-40(2)31(42)12-9-25-19-27-20-37-34(38-28-10-7-24(8-11-28)30-21-36-17-18-44-30)39-32(27)41(33(25)43)22-26-5-3-4-6-29(26)23-13-15-35-16-14-23/h3-8,10-11,13-16,19-20,30,36H,17-18,21-22H2,1-2H3,(H,37,38,39). The molecule has 44 heavy (non-hydrogen) atoms. The van der Waals surface area contributed by atoms with Crippen LogP contribution >= 0.6 is 11.8 Å². The summed E-state index contributed by atoms with van der Waals surface area (Å²) in [7, 11) is 3.24. The van der Waals surface area contributed by atoms with Crippen LogP contribution in [-0.4, -0.2) is 63.3 Å². The van der Waals surface area contributed by atoms with E-state index in [0.29, 0.717) is 22.2 Å². The van der Waals surface area contributed by atoms with Crippen LogP contribution in [0.3, 0.4) is 0 Å². The van der Waals surface area contributed by atoms with Gasteiger partial charge >= 0.3 is 0 Å². The maximum Gasteiger partial charge on any atom is 0.298 e. The van der Waals surface area contributed by atoms with Crippen molar-refractivity contribution >= 4 is 40.3 Å². The Morgan fingerprint density at radius 2 is 1.91 bits per heavy atom. The van der Waals surface area contributed by atoms with Gasteiger partial charge in [-0.1, -0.05) is 42.3 Å². The molecule has 0 saturated carbocycles. The number of hydrogen-bond acceptors (Lipinski definition) is 8. The zero-order valence-electron chi connectivity index (χ0n) is 24.4. The molecule has 4 heterocycles. The van der Waals surface area contributed by atoms with E-state index in [1.54, 1.807) is 43.3 Å². The van der Waals surface area contributed by atoms with Crippen molar-refractivity contribution in [1.29, 1.82) is 0 Å². The van der Waals surface area contributed by atoms with Gasteiger partial charge in [-0.05, 0) is 52.6 Å². The first kappa shape index (κ1) is 29.1. The van der Waals surface area contributed by atoms with Crippen LogP contribution in [0.4, 0.5) is 11.6 Å². The number of hydrogen-bond donors (Lipinski definition) is 2. The van der Waals surface area contributed by atoms with Gasteiger partial charge < -0.3 is 15.5 Å². The van der Waals surface area contributed by atoms with Crippen LogP contribution in [-0.2, 0) is 11.3 Å². The molecular weight excluding hydrogens is 570 g/mol. The van der Waals surface area contributed by atoms with Gasteiger partial charge in [0.25, 0.3) is 11.5 Å². The highest BCUT2D eigenvalue weighted by Gasteiger charge is 2.17. The first-order valence-electron chi connectivity index (χ1n) is 14.3. The van der Waals surface area contributed by atoms with E-state index in [2.05, 4.69) is 44.6 Å². The van der Waals surface area contributed by atoms with Crippen molar-refractivity contribution < 1.29 is 4.79 Å². The SMILES string of the molecule is CN(C)C(=O)C#Cc1cc2cnc(Nc3ccc(C4CNCCS4)cc3)nc2n(Cc2ccccc2-c2ccncc2)c1=O. The van der Waals surface area contributed by atoms with E-state index in [9.17, 15) is 9.59 Å². The summed E-state index contributed by atoms with van der Waals surface area (Å²) in [6, 6.07) is 21.7. The third kappa shape index (κ3) is 6.49. The molecule has 0 bridgehead atoms. The lowest BCUT2D eigenvalue weighted by atomic mass is 10.0. The number of aromatic nitrogens is 4. The van der Waals surface area contributed by atoms with Crippen LogP contribution in [0.1, 0.15) is 21.9 Å². The Balaban J connectivity index is 1.40. The molecule has 1 fully saturated rings. The maximum atomic E-state index is 13.9. The van der Waals surface area contributed by atoms with E-state index in [1.807, 2.05) is 60.3 Å². The van der Waals surface area contributed by atoms with Gasteiger partial charge in [-0.2, -0.15) is 16.7 Å². The smallest absolute Gasteiger partial charge is 0.298 e. The number of pyridine rings is 2. The van der Waals surface area contributed by atoms with Gasteiger partial charge in [0.05, 0.1) is 12.1 Å². The zero-order valence-corrected chi connectivity index (χ0v) is 25.3. The van der Waals surface area contributed by atoms with Crippen molar-refractivity contribution in [3.63, 3.8) is 0 Å². The molecule has 0 spiro atoms. The van der Waals surface area contributed by atoms with Gasteiger partial charge in [-0.15, -0.1) is 0 Å². The average Bonchev–Trinajstić information content (AvgIpc) is 3.06. The number of benzene rings is 2. The first-order chi connectivity index (χ1) is 21.5. The molecule has 1 aliphatic rings. The van der Waals surface area contributed by atoms with Crippen LogP contribution in [0.2, 0.25) is 0 Å². The first-order valence-corrected chi connectivity index (χ1v) is 15.3. The van der Waals surface area contributed by atoms with Crippen LogP contribution in [0.25, 0.3) is 22.2 Å². The molecule has 2 N–H and O–H groups in total. The van der Waals surface area contributed by atoms with Crippen molar-refractivity contribution in [1.82, 2.24) is 29.7 Å². The van der Waals surface area contributed by atoms with Gasteiger partial charge in [-0.3, -0.25) is 19.1 Å². The van der Waals surface area contributed by atoms with Crippen molar-refractivity contribution in [3.05, 3.63) is 112 Å². The molecule has 1 saturated heterocycles. The fourth-order valence-corrected chi connectivity index (χ4v) is 6.15. The van der Waals surface area contributed by atoms with Gasteiger partial charge in [0.2, 0.25) is 5.95 Å². The predicted octanol–water partition coefficient (Wildman–Crippen LogP) is 4.46. The number of rotatable bonds is 6. The zero-order chi connectivity index (χ0) is 30.5. The molecule has 1 atom stereocenters. The Morgan fingerprint density at radius 3 is 2.66 bits per heavy atom. The van der Waals surface area contributed by atoms with Crippen molar-refractivity contribution in [2.75, 3.05) is 38.3 Å². The lowest BCUT2D eigenvalue weighted by Gasteiger charge is -2.22. The maximum absolute atomic E-state index is 13.9. The third-order valence-electron chi connectivity index (χ3n) is 7.34. The van der Waals surface area contributed by atoms with Gasteiger partial charge in [0.15, 0.2) is 0 Å². The number of nitrogens with zero attached hydrogens (tertiary/aromatic N) is 5. The fraction of sp³-hybridized carbons (Fsp3) is 0.206. The Hall–Kier alpha value is -4.98. The minimum Gasteiger partial charge on any atom is -0.338 e. The van der Waals surface area contributed by atoms with E-state index in [1.165, 1.54) is 10.5 Å². The molecule has 0 radical (unpaired) electrons. The van der Waals surface area contributed by atoms with E-state index in [-0.39, 0.29) is 23.6 Å². The Labute approximate surface area is 259 Å². The summed E-state index contributed by atoms with van der Waals surface area (Å²) in [4.78, 5) is 41.0. The summed E-state index contributed by atoms with van der Waals surface area (Å²) in [5.74, 6) is 6.43. The van der Waals surface area contributed by atoms with Crippen LogP contribution in [0, 0.1) is 11.8 Å². The molecular formula is C34H31N7O2S. The van der Waals surface area contributed by atoms with Crippen LogP contribution in [0.5, 0.6) is 0 Å². The average molecular weight is 602 g/mol. The van der Waals surface area contributed by atoms with Gasteiger partial charge in [-0.25, -0.2) is 4.98 Å². The highest BCUT2D eigenvalue weighted by molar-refractivity contribution is 7.99. The number of anilines is 2. The monoisotopic (exact) mass is 601 g/mol. The highest BCUT2D eigenvalue weighted by atomic mass is 32.2. The summed E-state index contributed by atoms with van der Waals surface area (Å²) >= 11 is 1.96. The molecule has 6 rings (SSSR count).